The highest BCUT2D eigenvalue weighted by atomic mass is 127. The maximum absolute atomic E-state index is 11.4. The molecule has 0 atom stereocenters. The van der Waals surface area contributed by atoms with E-state index in [4.69, 9.17) is 0 Å². The van der Waals surface area contributed by atoms with Gasteiger partial charge in [-0.25, -0.2) is 0 Å². The number of likely N-dealkylation sites (tertiary alicyclic amines) is 1. The fraction of sp³-hybridized carbons (Fsp3) is 0.778. The Labute approximate surface area is 92.0 Å². The second-order valence-corrected chi connectivity index (χ2v) is 5.21. The van der Waals surface area contributed by atoms with Crippen molar-refractivity contribution in [3.63, 3.8) is 0 Å². The van der Waals surface area contributed by atoms with E-state index in [1.165, 1.54) is 0 Å². The number of carbonyl (C=O) groups is 2. The highest BCUT2D eigenvalue weighted by Crippen LogP contribution is 2.17. The Balaban J connectivity index is 2.08. The summed E-state index contributed by atoms with van der Waals surface area (Å²) in [7, 11) is 0. The number of rotatable bonds is 4. The molecule has 3 nitrogen and oxygen atoms in total. The molecule has 0 saturated carbocycles. The van der Waals surface area contributed by atoms with Crippen molar-refractivity contribution in [1.82, 2.24) is 4.90 Å². The molecule has 13 heavy (non-hydrogen) atoms. The summed E-state index contributed by atoms with van der Waals surface area (Å²) in [6, 6.07) is 0. The van der Waals surface area contributed by atoms with Crippen molar-refractivity contribution < 1.29 is 9.59 Å². The van der Waals surface area contributed by atoms with Crippen LogP contribution in [0.3, 0.4) is 0 Å². The Morgan fingerprint density at radius 1 is 1.38 bits per heavy atom. The number of hydrogen-bond donors (Lipinski definition) is 0. The first kappa shape index (κ1) is 10.9. The first-order valence-electron chi connectivity index (χ1n) is 4.51. The first-order chi connectivity index (χ1) is 6.09. The van der Waals surface area contributed by atoms with Crippen LogP contribution in [0.2, 0.25) is 0 Å². The van der Waals surface area contributed by atoms with Crippen LogP contribution in [-0.4, -0.2) is 33.6 Å². The van der Waals surface area contributed by atoms with Crippen molar-refractivity contribution >= 4 is 34.3 Å². The molecule has 74 valence electrons. The Kier molecular flexibility index (Phi) is 4.15. The van der Waals surface area contributed by atoms with Gasteiger partial charge in [0.05, 0.1) is 0 Å². The molecule has 1 rings (SSSR count). The first-order valence-corrected chi connectivity index (χ1v) is 5.75. The lowest BCUT2D eigenvalue weighted by Crippen LogP contribution is -2.50. The molecule has 4 heteroatoms. The maximum atomic E-state index is 11.4. The molecule has 1 saturated heterocycles. The minimum atomic E-state index is 0.170. The third kappa shape index (κ3) is 3.62. The van der Waals surface area contributed by atoms with Gasteiger partial charge >= 0.3 is 0 Å². The summed E-state index contributed by atoms with van der Waals surface area (Å²) in [6.45, 7) is 3.34. The van der Waals surface area contributed by atoms with Gasteiger partial charge in [0.1, 0.15) is 5.78 Å². The summed E-state index contributed by atoms with van der Waals surface area (Å²) >= 11 is 2.34. The lowest BCUT2D eigenvalue weighted by molar-refractivity contribution is -0.134. The normalized spacial score (nSPS) is 16.9. The van der Waals surface area contributed by atoms with Crippen LogP contribution in [0.15, 0.2) is 0 Å². The van der Waals surface area contributed by atoms with Gasteiger partial charge in [-0.15, -0.1) is 0 Å². The number of ketones is 1. The van der Waals surface area contributed by atoms with E-state index in [0.29, 0.717) is 23.2 Å². The molecule has 0 N–H and O–H groups in total. The van der Waals surface area contributed by atoms with Crippen molar-refractivity contribution in [2.75, 3.05) is 13.1 Å². The molecule has 1 aliphatic heterocycles. The van der Waals surface area contributed by atoms with Crippen LogP contribution in [0.5, 0.6) is 0 Å². The third-order valence-corrected chi connectivity index (χ3v) is 2.90. The Morgan fingerprint density at radius 2 is 2.00 bits per heavy atom. The van der Waals surface area contributed by atoms with E-state index in [9.17, 15) is 9.59 Å². The van der Waals surface area contributed by atoms with Crippen molar-refractivity contribution in [3.05, 3.63) is 0 Å². The molecule has 0 aromatic carbocycles. The zero-order valence-electron chi connectivity index (χ0n) is 7.75. The maximum Gasteiger partial charge on any atom is 0.222 e. The quantitative estimate of drug-likeness (QED) is 0.580. The van der Waals surface area contributed by atoms with Crippen LogP contribution in [0.25, 0.3) is 0 Å². The number of nitrogens with zero attached hydrogens (tertiary/aromatic N) is 1. The van der Waals surface area contributed by atoms with Crippen LogP contribution in [0.1, 0.15) is 26.2 Å². The van der Waals surface area contributed by atoms with E-state index in [2.05, 4.69) is 22.6 Å². The lowest BCUT2D eigenvalue weighted by Gasteiger charge is -2.36. The lowest BCUT2D eigenvalue weighted by atomic mass is 10.1. The SMILES string of the molecule is CC(=O)CCCC(=O)N1CC(I)C1. The third-order valence-electron chi connectivity index (χ3n) is 2.11. The van der Waals surface area contributed by atoms with Gasteiger partial charge in [-0.3, -0.25) is 4.79 Å². The largest absolute Gasteiger partial charge is 0.340 e. The van der Waals surface area contributed by atoms with Gasteiger partial charge in [-0.05, 0) is 13.3 Å². The minimum absolute atomic E-state index is 0.170. The molecule has 1 heterocycles. The van der Waals surface area contributed by atoms with Gasteiger partial charge in [-0.1, -0.05) is 22.6 Å². The van der Waals surface area contributed by atoms with Gasteiger partial charge in [-0.2, -0.15) is 0 Å². The van der Waals surface area contributed by atoms with Crippen LogP contribution in [0, 0.1) is 0 Å². The van der Waals surface area contributed by atoms with Crippen molar-refractivity contribution in [2.24, 2.45) is 0 Å². The van der Waals surface area contributed by atoms with E-state index < -0.39 is 0 Å². The number of Topliss-reactive ketones (excluding diaryl/α,β-unsaturated/α-hetero) is 1. The molecular formula is C9H14INO2. The van der Waals surface area contributed by atoms with Crippen molar-refractivity contribution in [2.45, 2.75) is 30.1 Å². The fourth-order valence-corrected chi connectivity index (χ4v) is 2.23. The van der Waals surface area contributed by atoms with E-state index >= 15 is 0 Å². The number of hydrogen-bond acceptors (Lipinski definition) is 2. The standard InChI is InChI=1S/C9H14INO2/c1-7(12)3-2-4-9(13)11-5-8(10)6-11/h8H,2-6H2,1H3. The molecule has 0 bridgehead atoms. The molecule has 1 amide bonds. The van der Waals surface area contributed by atoms with E-state index in [-0.39, 0.29) is 11.7 Å². The summed E-state index contributed by atoms with van der Waals surface area (Å²) in [5, 5.41) is 0. The number of carbonyl (C=O) groups excluding carboxylic acids is 2. The summed E-state index contributed by atoms with van der Waals surface area (Å²) in [5.74, 6) is 0.373. The number of halogens is 1. The summed E-state index contributed by atoms with van der Waals surface area (Å²) in [6.07, 6.45) is 1.77. The molecule has 0 aromatic heterocycles. The van der Waals surface area contributed by atoms with Crippen molar-refractivity contribution in [3.8, 4) is 0 Å². The topological polar surface area (TPSA) is 37.4 Å². The predicted molar refractivity (Wildman–Crippen MR) is 58.9 cm³/mol. The zero-order chi connectivity index (χ0) is 9.84. The van der Waals surface area contributed by atoms with Crippen LogP contribution >= 0.6 is 22.6 Å². The Bertz CT molecular complexity index is 212. The summed E-state index contributed by atoms with van der Waals surface area (Å²) in [5.41, 5.74) is 0. The van der Waals surface area contributed by atoms with Crippen LogP contribution in [-0.2, 0) is 9.59 Å². The van der Waals surface area contributed by atoms with Gasteiger partial charge in [0.15, 0.2) is 0 Å². The van der Waals surface area contributed by atoms with Crippen LogP contribution < -0.4 is 0 Å². The minimum Gasteiger partial charge on any atom is -0.340 e. The average molecular weight is 295 g/mol. The van der Waals surface area contributed by atoms with Gasteiger partial charge in [0.25, 0.3) is 0 Å². The molecule has 0 aromatic rings. The second kappa shape index (κ2) is 4.93. The number of amides is 1. The Morgan fingerprint density at radius 3 is 2.46 bits per heavy atom. The monoisotopic (exact) mass is 295 g/mol. The highest BCUT2D eigenvalue weighted by Gasteiger charge is 2.27. The second-order valence-electron chi connectivity index (χ2n) is 3.45. The molecule has 0 unspecified atom stereocenters. The summed E-state index contributed by atoms with van der Waals surface area (Å²) < 4.78 is 0.634. The predicted octanol–water partition coefficient (Wildman–Crippen LogP) is 1.39. The Hall–Kier alpha value is -0.130. The molecule has 0 radical (unpaired) electrons. The fourth-order valence-electron chi connectivity index (χ4n) is 1.28. The van der Waals surface area contributed by atoms with Gasteiger partial charge in [0.2, 0.25) is 5.91 Å². The molecular weight excluding hydrogens is 281 g/mol. The van der Waals surface area contributed by atoms with Crippen LogP contribution in [0.4, 0.5) is 0 Å². The van der Waals surface area contributed by atoms with E-state index in [1.807, 2.05) is 4.90 Å². The molecule has 1 fully saturated rings. The average Bonchev–Trinajstić information content (AvgIpc) is 1.97. The molecule has 0 spiro atoms. The van der Waals surface area contributed by atoms with Gasteiger partial charge in [0, 0.05) is 29.9 Å². The molecule has 0 aliphatic carbocycles. The molecule has 1 aliphatic rings. The van der Waals surface area contributed by atoms with Crippen molar-refractivity contribution in [1.29, 1.82) is 0 Å². The van der Waals surface area contributed by atoms with Gasteiger partial charge < -0.3 is 9.69 Å². The van der Waals surface area contributed by atoms with E-state index in [1.54, 1.807) is 6.92 Å². The smallest absolute Gasteiger partial charge is 0.222 e. The number of alkyl halides is 1. The zero-order valence-corrected chi connectivity index (χ0v) is 9.91. The highest BCUT2D eigenvalue weighted by molar-refractivity contribution is 14.1. The summed E-state index contributed by atoms with van der Waals surface area (Å²) in [4.78, 5) is 23.8. The van der Waals surface area contributed by atoms with E-state index in [0.717, 1.165) is 13.1 Å².